The normalized spacial score (nSPS) is 30.0. The third-order valence-corrected chi connectivity index (χ3v) is 8.80. The second-order valence-electron chi connectivity index (χ2n) is 11.5. The highest BCUT2D eigenvalue weighted by Crippen LogP contribution is 2.67. The van der Waals surface area contributed by atoms with Crippen molar-refractivity contribution in [2.45, 2.75) is 77.8 Å². The molecule has 5 heteroatoms. The number of fused-ring (bicyclic) bond motifs is 1. The Kier molecular flexibility index (Phi) is 7.54. The van der Waals surface area contributed by atoms with E-state index in [2.05, 4.69) is 30.2 Å². The number of nitrogens with one attached hydrogen (secondary N) is 2. The average Bonchev–Trinajstić information content (AvgIpc) is 3.51. The summed E-state index contributed by atoms with van der Waals surface area (Å²) in [6.07, 6.45) is 14.0. The summed E-state index contributed by atoms with van der Waals surface area (Å²) < 4.78 is 14.2. The lowest BCUT2D eigenvalue weighted by molar-refractivity contribution is -0.125. The number of halogens is 1. The minimum absolute atomic E-state index is 0.0678. The molecule has 1 aromatic rings. The summed E-state index contributed by atoms with van der Waals surface area (Å²) in [7, 11) is 0. The van der Waals surface area contributed by atoms with E-state index in [0.717, 1.165) is 24.7 Å². The molecule has 2 N–H and O–H groups in total. The Morgan fingerprint density at radius 2 is 1.91 bits per heavy atom. The van der Waals surface area contributed by atoms with Crippen molar-refractivity contribution >= 4 is 17.5 Å². The topological polar surface area (TPSA) is 58.2 Å². The highest BCUT2D eigenvalue weighted by molar-refractivity contribution is 5.95. The Labute approximate surface area is 209 Å². The summed E-state index contributed by atoms with van der Waals surface area (Å²) >= 11 is 0. The van der Waals surface area contributed by atoms with Crippen molar-refractivity contribution in [3.05, 3.63) is 54.1 Å². The minimum Gasteiger partial charge on any atom is -0.347 e. The van der Waals surface area contributed by atoms with Crippen LogP contribution in [-0.2, 0) is 15.3 Å². The largest absolute Gasteiger partial charge is 0.347 e. The van der Waals surface area contributed by atoms with Gasteiger partial charge in [-0.2, -0.15) is 0 Å². The van der Waals surface area contributed by atoms with Crippen molar-refractivity contribution in [2.24, 2.45) is 29.1 Å². The number of allylic oxidation sites excluding steroid dienone is 3. The number of hydrogen-bond acceptors (Lipinski definition) is 2. The van der Waals surface area contributed by atoms with Gasteiger partial charge >= 0.3 is 0 Å². The third kappa shape index (κ3) is 5.70. The van der Waals surface area contributed by atoms with Crippen molar-refractivity contribution < 1.29 is 14.0 Å². The van der Waals surface area contributed by atoms with Crippen LogP contribution < -0.4 is 10.6 Å². The molecule has 0 saturated heterocycles. The third-order valence-electron chi connectivity index (χ3n) is 8.80. The molecule has 1 aromatic carbocycles. The number of amides is 2. The van der Waals surface area contributed by atoms with Gasteiger partial charge in [-0.05, 0) is 81.4 Å². The molecule has 0 aromatic heterocycles. The number of alkyl halides is 1. The maximum atomic E-state index is 14.2. The second kappa shape index (κ2) is 10.3. The summed E-state index contributed by atoms with van der Waals surface area (Å²) in [5.74, 6) is 1.49. The van der Waals surface area contributed by atoms with Crippen LogP contribution in [-0.4, -0.2) is 18.4 Å². The lowest BCUT2D eigenvalue weighted by Crippen LogP contribution is -2.35. The molecule has 35 heavy (non-hydrogen) atoms. The molecule has 0 heterocycles. The van der Waals surface area contributed by atoms with Gasteiger partial charge in [-0.3, -0.25) is 9.59 Å². The molecule has 3 atom stereocenters. The van der Waals surface area contributed by atoms with Gasteiger partial charge in [0.1, 0.15) is 5.67 Å². The van der Waals surface area contributed by atoms with Crippen LogP contribution in [0, 0.1) is 29.1 Å². The lowest BCUT2D eigenvalue weighted by atomic mass is 9.76. The van der Waals surface area contributed by atoms with E-state index < -0.39 is 5.67 Å². The zero-order chi connectivity index (χ0) is 25.2. The maximum absolute atomic E-state index is 14.2. The van der Waals surface area contributed by atoms with Gasteiger partial charge in [0.15, 0.2) is 0 Å². The first-order valence-electron chi connectivity index (χ1n) is 13.3. The van der Waals surface area contributed by atoms with E-state index in [1.54, 1.807) is 24.3 Å². The van der Waals surface area contributed by atoms with Gasteiger partial charge in [0.2, 0.25) is 11.8 Å². The quantitative estimate of drug-likeness (QED) is 0.387. The first-order chi connectivity index (χ1) is 16.7. The van der Waals surface area contributed by atoms with E-state index in [1.165, 1.54) is 57.9 Å². The molecule has 2 saturated carbocycles. The van der Waals surface area contributed by atoms with Gasteiger partial charge in [-0.1, -0.05) is 56.0 Å². The first kappa shape index (κ1) is 25.7. The van der Waals surface area contributed by atoms with Gasteiger partial charge in [-0.15, -0.1) is 6.58 Å². The molecule has 0 bridgehead atoms. The molecule has 3 aliphatic rings. The predicted octanol–water partition coefficient (Wildman–Crippen LogP) is 6.69. The highest BCUT2D eigenvalue weighted by atomic mass is 19.1. The molecular formula is C30H41FN2O2. The second-order valence-corrected chi connectivity index (χ2v) is 11.5. The number of carbonyl (C=O) groups excluding carboxylic acids is 2. The van der Waals surface area contributed by atoms with Crippen LogP contribution in [0.3, 0.4) is 0 Å². The minimum atomic E-state index is -1.49. The van der Waals surface area contributed by atoms with Crippen molar-refractivity contribution in [3.8, 4) is 0 Å². The summed E-state index contributed by atoms with van der Waals surface area (Å²) in [5.41, 5.74) is 0.882. The fraction of sp³-hybridized carbons (Fsp3) is 0.600. The molecule has 3 aliphatic carbocycles. The van der Waals surface area contributed by atoms with Crippen LogP contribution in [0.2, 0.25) is 0 Å². The van der Waals surface area contributed by atoms with Gasteiger partial charge in [0, 0.05) is 11.1 Å². The Bertz CT molecular complexity index is 986. The van der Waals surface area contributed by atoms with Crippen LogP contribution in [0.15, 0.2) is 48.6 Å². The number of anilines is 1. The molecular weight excluding hydrogens is 439 g/mol. The van der Waals surface area contributed by atoms with E-state index in [4.69, 9.17) is 0 Å². The fourth-order valence-electron chi connectivity index (χ4n) is 6.43. The summed E-state index contributed by atoms with van der Waals surface area (Å²) in [6, 6.07) is 6.76. The van der Waals surface area contributed by atoms with Gasteiger partial charge in [0.25, 0.3) is 0 Å². The van der Waals surface area contributed by atoms with E-state index in [9.17, 15) is 14.0 Å². The van der Waals surface area contributed by atoms with Crippen LogP contribution in [0.1, 0.15) is 77.7 Å². The van der Waals surface area contributed by atoms with E-state index in [1.807, 2.05) is 6.08 Å². The van der Waals surface area contributed by atoms with Gasteiger partial charge < -0.3 is 10.6 Å². The monoisotopic (exact) mass is 480 g/mol. The molecule has 4 nitrogen and oxygen atoms in total. The number of carbonyl (C=O) groups is 2. The Hall–Kier alpha value is -2.43. The van der Waals surface area contributed by atoms with Crippen molar-refractivity contribution in [2.75, 3.05) is 11.9 Å². The molecule has 2 amide bonds. The van der Waals surface area contributed by atoms with Crippen LogP contribution in [0.25, 0.3) is 0 Å². The molecule has 0 aliphatic heterocycles. The number of benzene rings is 1. The zero-order valence-electron chi connectivity index (χ0n) is 21.5. The zero-order valence-corrected chi connectivity index (χ0v) is 21.5. The van der Waals surface area contributed by atoms with Crippen molar-refractivity contribution in [1.29, 1.82) is 0 Å². The molecule has 0 spiro atoms. The van der Waals surface area contributed by atoms with Crippen LogP contribution in [0.5, 0.6) is 0 Å². The number of rotatable bonds is 9. The van der Waals surface area contributed by atoms with Gasteiger partial charge in [0.05, 0.1) is 12.5 Å². The number of hydrogen-bond donors (Lipinski definition) is 2. The SMILES string of the molecule is C=CC12CC=C(CC3CCC(CC)CC3)CC1C2C(=O)NCC(=O)Nc1cccc(C(C)(C)F)c1. The smallest absolute Gasteiger partial charge is 0.243 e. The maximum Gasteiger partial charge on any atom is 0.243 e. The first-order valence-corrected chi connectivity index (χ1v) is 13.3. The van der Waals surface area contributed by atoms with Crippen LogP contribution >= 0.6 is 0 Å². The van der Waals surface area contributed by atoms with E-state index in [-0.39, 0.29) is 29.7 Å². The average molecular weight is 481 g/mol. The molecule has 0 radical (unpaired) electrons. The molecule has 2 fully saturated rings. The molecule has 190 valence electrons. The fourth-order valence-corrected chi connectivity index (χ4v) is 6.43. The summed E-state index contributed by atoms with van der Waals surface area (Å²) in [6.45, 7) is 9.22. The lowest BCUT2D eigenvalue weighted by Gasteiger charge is -2.29. The summed E-state index contributed by atoms with van der Waals surface area (Å²) in [5, 5.41) is 5.60. The Morgan fingerprint density at radius 3 is 2.57 bits per heavy atom. The van der Waals surface area contributed by atoms with Crippen molar-refractivity contribution in [1.82, 2.24) is 5.32 Å². The van der Waals surface area contributed by atoms with Crippen LogP contribution in [0.4, 0.5) is 10.1 Å². The Morgan fingerprint density at radius 1 is 1.20 bits per heavy atom. The highest BCUT2D eigenvalue weighted by Gasteiger charge is 2.66. The van der Waals surface area contributed by atoms with E-state index >= 15 is 0 Å². The van der Waals surface area contributed by atoms with E-state index in [0.29, 0.717) is 17.2 Å². The molecule has 3 unspecified atom stereocenters. The molecule has 4 rings (SSSR count). The van der Waals surface area contributed by atoms with Crippen molar-refractivity contribution in [3.63, 3.8) is 0 Å². The standard InChI is InChI=1S/C30H41FN2O2/c1-5-20-10-12-21(13-11-20)16-22-14-15-30(6-2)25(17-22)27(30)28(35)32-19-26(34)33-24-9-7-8-23(18-24)29(3,4)31/h6-9,14,18,20-21,25,27H,2,5,10-13,15-17,19H2,1,3-4H3,(H,32,35)(H,33,34). The van der Waals surface area contributed by atoms with Gasteiger partial charge in [-0.25, -0.2) is 4.39 Å². The summed E-state index contributed by atoms with van der Waals surface area (Å²) in [4.78, 5) is 25.5. The Balaban J connectivity index is 1.27. The predicted molar refractivity (Wildman–Crippen MR) is 139 cm³/mol.